The molecule has 0 spiro atoms. The Labute approximate surface area is 146 Å². The van der Waals surface area contributed by atoms with Crippen LogP contribution in [0.25, 0.3) is 11.1 Å². The fraction of sp³-hybridized carbons (Fsp3) is 0.429. The van der Waals surface area contributed by atoms with Gasteiger partial charge in [-0.05, 0) is 60.3 Å². The number of alkyl halides is 3. The average molecular weight is 348 g/mol. The lowest BCUT2D eigenvalue weighted by Gasteiger charge is -2.28. The van der Waals surface area contributed by atoms with Gasteiger partial charge in [0, 0.05) is 13.7 Å². The van der Waals surface area contributed by atoms with Gasteiger partial charge in [0.15, 0.2) is 0 Å². The van der Waals surface area contributed by atoms with Crippen LogP contribution < -0.4 is 0 Å². The van der Waals surface area contributed by atoms with Gasteiger partial charge in [-0.2, -0.15) is 13.2 Å². The van der Waals surface area contributed by atoms with E-state index in [1.807, 2.05) is 24.3 Å². The first-order valence-electron chi connectivity index (χ1n) is 8.74. The van der Waals surface area contributed by atoms with Gasteiger partial charge in [-0.25, -0.2) is 0 Å². The fourth-order valence-corrected chi connectivity index (χ4v) is 3.82. The molecule has 0 unspecified atom stereocenters. The second-order valence-corrected chi connectivity index (χ2v) is 6.84. The van der Waals surface area contributed by atoms with Crippen LogP contribution in [0.1, 0.15) is 42.7 Å². The van der Waals surface area contributed by atoms with Crippen molar-refractivity contribution in [2.45, 2.75) is 37.8 Å². The quantitative estimate of drug-likeness (QED) is 0.631. The maximum Gasteiger partial charge on any atom is 0.417 e. The molecule has 0 bridgehead atoms. The predicted octanol–water partition coefficient (Wildman–Crippen LogP) is 6.29. The minimum atomic E-state index is -4.34. The highest BCUT2D eigenvalue weighted by Gasteiger charge is 2.33. The van der Waals surface area contributed by atoms with E-state index in [0.29, 0.717) is 17.4 Å². The molecule has 0 aromatic heterocycles. The van der Waals surface area contributed by atoms with Crippen LogP contribution in [-0.2, 0) is 10.9 Å². The molecule has 25 heavy (non-hydrogen) atoms. The van der Waals surface area contributed by atoms with Gasteiger partial charge in [-0.3, -0.25) is 0 Å². The molecule has 1 fully saturated rings. The van der Waals surface area contributed by atoms with E-state index in [0.717, 1.165) is 38.4 Å². The number of hydrogen-bond donors (Lipinski definition) is 0. The smallest absolute Gasteiger partial charge is 0.384 e. The lowest BCUT2D eigenvalue weighted by molar-refractivity contribution is -0.137. The Bertz CT molecular complexity index is 683. The summed E-state index contributed by atoms with van der Waals surface area (Å²) in [6.07, 6.45) is 0.197. The summed E-state index contributed by atoms with van der Waals surface area (Å²) >= 11 is 0. The van der Waals surface area contributed by atoms with E-state index in [1.165, 1.54) is 17.7 Å². The van der Waals surface area contributed by atoms with E-state index in [4.69, 9.17) is 4.74 Å². The molecule has 0 amide bonds. The third kappa shape index (κ3) is 4.24. The zero-order valence-electron chi connectivity index (χ0n) is 14.4. The van der Waals surface area contributed by atoms with Crippen molar-refractivity contribution in [1.82, 2.24) is 0 Å². The van der Waals surface area contributed by atoms with E-state index in [9.17, 15) is 13.2 Å². The monoisotopic (exact) mass is 348 g/mol. The van der Waals surface area contributed by atoms with Crippen LogP contribution in [0.15, 0.2) is 48.5 Å². The molecule has 1 nitrogen and oxygen atoms in total. The van der Waals surface area contributed by atoms with Crippen molar-refractivity contribution >= 4 is 0 Å². The Balaban J connectivity index is 1.76. The van der Waals surface area contributed by atoms with Gasteiger partial charge in [-0.1, -0.05) is 42.5 Å². The van der Waals surface area contributed by atoms with Crippen molar-refractivity contribution in [3.05, 3.63) is 59.7 Å². The summed E-state index contributed by atoms with van der Waals surface area (Å²) in [5, 5.41) is 0. The topological polar surface area (TPSA) is 9.23 Å². The van der Waals surface area contributed by atoms with Crippen LogP contribution in [0.3, 0.4) is 0 Å². The van der Waals surface area contributed by atoms with Crippen molar-refractivity contribution in [2.24, 2.45) is 5.92 Å². The van der Waals surface area contributed by atoms with Crippen molar-refractivity contribution in [3.63, 3.8) is 0 Å². The van der Waals surface area contributed by atoms with Gasteiger partial charge in [0.05, 0.1) is 5.56 Å². The molecule has 0 heterocycles. The molecule has 2 aromatic carbocycles. The van der Waals surface area contributed by atoms with Crippen LogP contribution in [-0.4, -0.2) is 13.7 Å². The molecule has 3 rings (SSSR count). The minimum absolute atomic E-state index is 0.241. The van der Waals surface area contributed by atoms with Gasteiger partial charge in [-0.15, -0.1) is 0 Å². The van der Waals surface area contributed by atoms with Crippen LogP contribution in [0.5, 0.6) is 0 Å². The molecule has 134 valence electrons. The van der Waals surface area contributed by atoms with E-state index < -0.39 is 11.7 Å². The molecule has 1 aliphatic carbocycles. The van der Waals surface area contributed by atoms with Gasteiger partial charge in [0.1, 0.15) is 0 Å². The van der Waals surface area contributed by atoms with Crippen molar-refractivity contribution in [3.8, 4) is 11.1 Å². The number of rotatable bonds is 4. The summed E-state index contributed by atoms with van der Waals surface area (Å²) in [5.41, 5.74) is 1.50. The van der Waals surface area contributed by atoms with Crippen LogP contribution in [0.4, 0.5) is 13.2 Å². The zero-order chi connectivity index (χ0) is 17.9. The van der Waals surface area contributed by atoms with E-state index in [2.05, 4.69) is 0 Å². The summed E-state index contributed by atoms with van der Waals surface area (Å²) in [4.78, 5) is 0. The predicted molar refractivity (Wildman–Crippen MR) is 93.5 cm³/mol. The van der Waals surface area contributed by atoms with Crippen molar-refractivity contribution in [2.75, 3.05) is 13.7 Å². The molecule has 0 radical (unpaired) electrons. The number of methoxy groups -OCH3 is 1. The van der Waals surface area contributed by atoms with Crippen molar-refractivity contribution in [1.29, 1.82) is 0 Å². The molecular weight excluding hydrogens is 325 g/mol. The molecule has 0 atom stereocenters. The first-order valence-corrected chi connectivity index (χ1v) is 8.74. The summed E-state index contributed by atoms with van der Waals surface area (Å²) in [6.45, 7) is 0.819. The summed E-state index contributed by atoms with van der Waals surface area (Å²) in [7, 11) is 1.74. The van der Waals surface area contributed by atoms with Gasteiger partial charge in [0.25, 0.3) is 0 Å². The third-order valence-electron chi connectivity index (χ3n) is 5.17. The first-order chi connectivity index (χ1) is 12.0. The molecule has 4 heteroatoms. The maximum absolute atomic E-state index is 13.2. The second-order valence-electron chi connectivity index (χ2n) is 6.84. The van der Waals surface area contributed by atoms with Crippen LogP contribution in [0.2, 0.25) is 0 Å². The van der Waals surface area contributed by atoms with Gasteiger partial charge in [0.2, 0.25) is 0 Å². The highest BCUT2D eigenvalue weighted by molar-refractivity contribution is 5.68. The maximum atomic E-state index is 13.2. The lowest BCUT2D eigenvalue weighted by Crippen LogP contribution is -2.17. The zero-order valence-corrected chi connectivity index (χ0v) is 14.4. The molecular formula is C21H23F3O. The largest absolute Gasteiger partial charge is 0.417 e. The normalized spacial score (nSPS) is 21.3. The van der Waals surface area contributed by atoms with Crippen molar-refractivity contribution < 1.29 is 17.9 Å². The van der Waals surface area contributed by atoms with Gasteiger partial charge < -0.3 is 4.74 Å². The number of hydrogen-bond acceptors (Lipinski definition) is 1. The Morgan fingerprint density at radius 3 is 2.16 bits per heavy atom. The van der Waals surface area contributed by atoms with E-state index in [1.54, 1.807) is 13.2 Å². The molecule has 0 saturated heterocycles. The average Bonchev–Trinajstić information content (AvgIpc) is 2.62. The molecule has 2 aromatic rings. The highest BCUT2D eigenvalue weighted by Crippen LogP contribution is 2.39. The Morgan fingerprint density at radius 2 is 1.56 bits per heavy atom. The number of ether oxygens (including phenoxy) is 1. The second kappa shape index (κ2) is 7.61. The summed E-state index contributed by atoms with van der Waals surface area (Å²) in [5.74, 6) is 1.14. The van der Waals surface area contributed by atoms with Crippen LogP contribution >= 0.6 is 0 Å². The minimum Gasteiger partial charge on any atom is -0.384 e. The molecule has 1 saturated carbocycles. The Kier molecular flexibility index (Phi) is 5.48. The first kappa shape index (κ1) is 18.0. The third-order valence-corrected chi connectivity index (χ3v) is 5.17. The van der Waals surface area contributed by atoms with Crippen LogP contribution in [0, 0.1) is 5.92 Å². The summed E-state index contributed by atoms with van der Waals surface area (Å²) in [6, 6.07) is 13.4. The lowest BCUT2D eigenvalue weighted by atomic mass is 9.79. The van der Waals surface area contributed by atoms with Gasteiger partial charge >= 0.3 is 6.18 Å². The highest BCUT2D eigenvalue weighted by atomic mass is 19.4. The Hall–Kier alpha value is -1.81. The molecule has 1 aliphatic rings. The fourth-order valence-electron chi connectivity index (χ4n) is 3.82. The Morgan fingerprint density at radius 1 is 0.920 bits per heavy atom. The van der Waals surface area contributed by atoms with E-state index in [-0.39, 0.29) is 5.56 Å². The SMILES string of the molecule is COC[C@H]1CC[C@H](c2ccc(-c3ccccc3C(F)(F)F)cc2)CC1. The molecule has 0 N–H and O–H groups in total. The molecule has 0 aliphatic heterocycles. The van der Waals surface area contributed by atoms with E-state index >= 15 is 0 Å². The summed E-state index contributed by atoms with van der Waals surface area (Å²) < 4.78 is 44.8. The number of halogens is 3. The standard InChI is InChI=1S/C21H23F3O/c1-25-14-15-6-8-16(9-7-15)17-10-12-18(13-11-17)19-4-2-3-5-20(19)21(22,23)24/h2-5,10-13,15-16H,6-9,14H2,1H3/t15-,16-. The number of benzene rings is 2.